The molecular weight excluding hydrogens is 162 g/mol. The van der Waals surface area contributed by atoms with E-state index in [1.165, 1.54) is 38.9 Å². The fourth-order valence-electron chi connectivity index (χ4n) is 2.12. The highest BCUT2D eigenvalue weighted by atomic mass is 15.1. The third kappa shape index (κ3) is 2.66. The first kappa shape index (κ1) is 11.0. The second-order valence-electron chi connectivity index (χ2n) is 4.02. The van der Waals surface area contributed by atoms with E-state index in [1.54, 1.807) is 0 Å². The molecule has 3 heteroatoms. The molecule has 0 amide bonds. The molecule has 0 bridgehead atoms. The van der Waals surface area contributed by atoms with Gasteiger partial charge in [0, 0.05) is 12.1 Å². The lowest BCUT2D eigenvalue weighted by Crippen LogP contribution is -2.49. The predicted molar refractivity (Wildman–Crippen MR) is 56.8 cm³/mol. The van der Waals surface area contributed by atoms with Gasteiger partial charge in [-0.3, -0.25) is 0 Å². The van der Waals surface area contributed by atoms with Crippen LogP contribution in [0, 0.1) is 0 Å². The van der Waals surface area contributed by atoms with Crippen molar-refractivity contribution in [3.8, 4) is 0 Å². The van der Waals surface area contributed by atoms with Gasteiger partial charge < -0.3 is 16.0 Å². The van der Waals surface area contributed by atoms with Crippen molar-refractivity contribution < 1.29 is 0 Å². The van der Waals surface area contributed by atoms with Gasteiger partial charge in [-0.1, -0.05) is 6.92 Å². The molecule has 0 saturated carbocycles. The zero-order chi connectivity index (χ0) is 9.73. The molecule has 1 unspecified atom stereocenters. The highest BCUT2D eigenvalue weighted by molar-refractivity contribution is 4.90. The Morgan fingerprint density at radius 1 is 1.38 bits per heavy atom. The average Bonchev–Trinajstić information content (AvgIpc) is 2.40. The first-order valence-electron chi connectivity index (χ1n) is 5.37. The highest BCUT2D eigenvalue weighted by Crippen LogP contribution is 2.20. The Balaban J connectivity index is 2.51. The summed E-state index contributed by atoms with van der Waals surface area (Å²) in [5.74, 6) is 0. The summed E-state index contributed by atoms with van der Waals surface area (Å²) in [7, 11) is 2.04. The fraction of sp³-hybridized carbons (Fsp3) is 1.00. The smallest absolute Gasteiger partial charge is 0.0313 e. The van der Waals surface area contributed by atoms with Crippen LogP contribution in [0.4, 0.5) is 0 Å². The summed E-state index contributed by atoms with van der Waals surface area (Å²) in [6, 6.07) is 0. The molecule has 0 spiro atoms. The predicted octanol–water partition coefficient (Wildman–Crippen LogP) is 0.409. The Bertz CT molecular complexity index is 143. The molecule has 0 aromatic rings. The van der Waals surface area contributed by atoms with Crippen molar-refractivity contribution in [1.29, 1.82) is 0 Å². The van der Waals surface area contributed by atoms with Gasteiger partial charge >= 0.3 is 0 Å². The SMILES string of the molecule is CCN1CCCC(CN)(NC)CC1. The van der Waals surface area contributed by atoms with Crippen molar-refractivity contribution in [2.45, 2.75) is 31.7 Å². The molecule has 0 radical (unpaired) electrons. The number of rotatable bonds is 3. The van der Waals surface area contributed by atoms with Gasteiger partial charge in [-0.2, -0.15) is 0 Å². The lowest BCUT2D eigenvalue weighted by Gasteiger charge is -2.31. The molecule has 1 aliphatic rings. The summed E-state index contributed by atoms with van der Waals surface area (Å²) in [5, 5.41) is 3.40. The molecule has 0 aromatic heterocycles. The summed E-state index contributed by atoms with van der Waals surface area (Å²) in [5.41, 5.74) is 6.04. The van der Waals surface area contributed by atoms with E-state index < -0.39 is 0 Å². The number of hydrogen-bond acceptors (Lipinski definition) is 3. The van der Waals surface area contributed by atoms with Gasteiger partial charge in [-0.15, -0.1) is 0 Å². The van der Waals surface area contributed by atoms with Crippen molar-refractivity contribution in [3.05, 3.63) is 0 Å². The summed E-state index contributed by atoms with van der Waals surface area (Å²) >= 11 is 0. The molecule has 1 heterocycles. The van der Waals surface area contributed by atoms with Crippen LogP contribution < -0.4 is 11.1 Å². The topological polar surface area (TPSA) is 41.3 Å². The molecule has 1 aliphatic heterocycles. The Morgan fingerprint density at radius 2 is 2.15 bits per heavy atom. The molecule has 1 rings (SSSR count). The van der Waals surface area contributed by atoms with E-state index in [0.29, 0.717) is 0 Å². The second kappa shape index (κ2) is 4.94. The third-order valence-electron chi connectivity index (χ3n) is 3.40. The van der Waals surface area contributed by atoms with E-state index in [9.17, 15) is 0 Å². The number of likely N-dealkylation sites (N-methyl/N-ethyl adjacent to an activating group) is 1. The van der Waals surface area contributed by atoms with Crippen LogP contribution in [0.1, 0.15) is 26.2 Å². The minimum Gasteiger partial charge on any atom is -0.329 e. The van der Waals surface area contributed by atoms with Gasteiger partial charge in [0.15, 0.2) is 0 Å². The highest BCUT2D eigenvalue weighted by Gasteiger charge is 2.28. The quantitative estimate of drug-likeness (QED) is 0.669. The lowest BCUT2D eigenvalue weighted by atomic mass is 9.91. The maximum absolute atomic E-state index is 5.82. The number of nitrogens with zero attached hydrogens (tertiary/aromatic N) is 1. The minimum atomic E-state index is 0.212. The van der Waals surface area contributed by atoms with E-state index in [0.717, 1.165) is 6.54 Å². The van der Waals surface area contributed by atoms with E-state index in [2.05, 4.69) is 17.1 Å². The van der Waals surface area contributed by atoms with Crippen molar-refractivity contribution in [2.24, 2.45) is 5.73 Å². The number of hydrogen-bond donors (Lipinski definition) is 2. The number of likely N-dealkylation sites (tertiary alicyclic amines) is 1. The summed E-state index contributed by atoms with van der Waals surface area (Å²) in [6.45, 7) is 6.59. The van der Waals surface area contributed by atoms with Crippen molar-refractivity contribution in [3.63, 3.8) is 0 Å². The van der Waals surface area contributed by atoms with Gasteiger partial charge in [-0.05, 0) is 45.9 Å². The van der Waals surface area contributed by atoms with Crippen molar-refractivity contribution in [1.82, 2.24) is 10.2 Å². The van der Waals surface area contributed by atoms with Crippen LogP contribution >= 0.6 is 0 Å². The maximum atomic E-state index is 5.82. The third-order valence-corrected chi connectivity index (χ3v) is 3.40. The molecule has 3 nitrogen and oxygen atoms in total. The van der Waals surface area contributed by atoms with Crippen LogP contribution in [0.15, 0.2) is 0 Å². The van der Waals surface area contributed by atoms with Gasteiger partial charge in [0.2, 0.25) is 0 Å². The van der Waals surface area contributed by atoms with Crippen LogP contribution in [0.25, 0.3) is 0 Å². The Morgan fingerprint density at radius 3 is 2.69 bits per heavy atom. The van der Waals surface area contributed by atoms with E-state index in [4.69, 9.17) is 5.73 Å². The minimum absolute atomic E-state index is 0.212. The molecule has 0 aliphatic carbocycles. The zero-order valence-corrected chi connectivity index (χ0v) is 8.97. The first-order valence-corrected chi connectivity index (χ1v) is 5.37. The summed E-state index contributed by atoms with van der Waals surface area (Å²) in [4.78, 5) is 2.51. The lowest BCUT2D eigenvalue weighted by molar-refractivity contribution is 0.275. The van der Waals surface area contributed by atoms with Gasteiger partial charge in [0.25, 0.3) is 0 Å². The second-order valence-corrected chi connectivity index (χ2v) is 4.02. The number of nitrogens with two attached hydrogens (primary N) is 1. The molecule has 1 atom stereocenters. The molecular formula is C10H23N3. The van der Waals surface area contributed by atoms with Crippen LogP contribution in [-0.4, -0.2) is 43.7 Å². The van der Waals surface area contributed by atoms with Crippen molar-refractivity contribution in [2.75, 3.05) is 33.2 Å². The van der Waals surface area contributed by atoms with E-state index >= 15 is 0 Å². The van der Waals surface area contributed by atoms with Gasteiger partial charge in [-0.25, -0.2) is 0 Å². The van der Waals surface area contributed by atoms with E-state index in [1.807, 2.05) is 7.05 Å². The fourth-order valence-corrected chi connectivity index (χ4v) is 2.12. The van der Waals surface area contributed by atoms with Crippen molar-refractivity contribution >= 4 is 0 Å². The Kier molecular flexibility index (Phi) is 4.16. The zero-order valence-electron chi connectivity index (χ0n) is 8.97. The number of nitrogens with one attached hydrogen (secondary N) is 1. The Labute approximate surface area is 81.7 Å². The molecule has 1 saturated heterocycles. The van der Waals surface area contributed by atoms with Crippen LogP contribution in [0.3, 0.4) is 0 Å². The first-order chi connectivity index (χ1) is 6.26. The van der Waals surface area contributed by atoms with Crippen LogP contribution in [0.2, 0.25) is 0 Å². The molecule has 3 N–H and O–H groups in total. The molecule has 1 fully saturated rings. The standard InChI is InChI=1S/C10H23N3/c1-3-13-7-4-5-10(9-11,12-2)6-8-13/h12H,3-9,11H2,1-2H3. The van der Waals surface area contributed by atoms with E-state index in [-0.39, 0.29) is 5.54 Å². The average molecular weight is 185 g/mol. The van der Waals surface area contributed by atoms with Gasteiger partial charge in [0.1, 0.15) is 0 Å². The molecule has 13 heavy (non-hydrogen) atoms. The van der Waals surface area contributed by atoms with Gasteiger partial charge in [0.05, 0.1) is 0 Å². The van der Waals surface area contributed by atoms with Crippen LogP contribution in [-0.2, 0) is 0 Å². The molecule has 78 valence electrons. The monoisotopic (exact) mass is 185 g/mol. The Hall–Kier alpha value is -0.120. The maximum Gasteiger partial charge on any atom is 0.0313 e. The molecule has 0 aromatic carbocycles. The normalized spacial score (nSPS) is 31.6. The summed E-state index contributed by atoms with van der Waals surface area (Å²) < 4.78 is 0. The van der Waals surface area contributed by atoms with Crippen LogP contribution in [0.5, 0.6) is 0 Å². The summed E-state index contributed by atoms with van der Waals surface area (Å²) in [6.07, 6.45) is 3.68. The largest absolute Gasteiger partial charge is 0.329 e.